The van der Waals surface area contributed by atoms with E-state index in [9.17, 15) is 4.79 Å². The number of aromatic nitrogens is 2. The molecule has 1 N–H and O–H groups in total. The molecular formula is C22H24N5O2S2+. The molecule has 0 atom stereocenters. The highest BCUT2D eigenvalue weighted by Gasteiger charge is 2.25. The maximum absolute atomic E-state index is 11.5. The van der Waals surface area contributed by atoms with Crippen LogP contribution in [0.2, 0.25) is 0 Å². The van der Waals surface area contributed by atoms with Gasteiger partial charge in [0, 0.05) is 61.8 Å². The van der Waals surface area contributed by atoms with E-state index < -0.39 is 0 Å². The second-order valence-corrected chi connectivity index (χ2v) is 9.53. The van der Waals surface area contributed by atoms with Crippen molar-refractivity contribution < 1.29 is 9.53 Å². The standard InChI is InChI=1S/C22H23N5O2S2/c1-14(28)27-7-5-26(6-8-27)12-17-10-18-20(31-17)13-29-19-11-23-22(25-21(18)19)24-15-3-2-4-16(30)9-15/h2-4,9-11,30H,5-8,12-13H2,1H3,(H,23,24,25)/p+1. The number of thiophene rings is 1. The second-order valence-electron chi connectivity index (χ2n) is 7.73. The zero-order valence-electron chi connectivity index (χ0n) is 17.2. The minimum Gasteiger partial charge on any atom is -0.484 e. The van der Waals surface area contributed by atoms with Crippen molar-refractivity contribution in [2.45, 2.75) is 25.0 Å². The highest BCUT2D eigenvalue weighted by molar-refractivity contribution is 7.58. The molecule has 5 rings (SSSR count). The molecule has 2 aliphatic heterocycles. The number of amides is 1. The lowest BCUT2D eigenvalue weighted by Crippen LogP contribution is -2.47. The first-order valence-electron chi connectivity index (χ1n) is 10.2. The molecule has 4 heterocycles. The third-order valence-electron chi connectivity index (χ3n) is 5.54. The van der Waals surface area contributed by atoms with Crippen LogP contribution in [0.15, 0.2) is 41.4 Å². The van der Waals surface area contributed by atoms with Gasteiger partial charge >= 0.3 is 0 Å². The summed E-state index contributed by atoms with van der Waals surface area (Å²) in [5, 5.41) is 3.27. The van der Waals surface area contributed by atoms with Crippen LogP contribution in [0.4, 0.5) is 11.6 Å². The van der Waals surface area contributed by atoms with E-state index in [1.165, 1.54) is 9.75 Å². The molecule has 0 saturated carbocycles. The van der Waals surface area contributed by atoms with E-state index in [2.05, 4.69) is 33.9 Å². The minimum absolute atomic E-state index is 0.159. The molecule has 0 radical (unpaired) electrons. The van der Waals surface area contributed by atoms with Crippen molar-refractivity contribution in [1.29, 1.82) is 0 Å². The van der Waals surface area contributed by atoms with Crippen LogP contribution in [0, 0.1) is 0 Å². The molecule has 1 fully saturated rings. The van der Waals surface area contributed by atoms with Gasteiger partial charge in [0.05, 0.1) is 11.1 Å². The number of fused-ring (bicyclic) bond motifs is 3. The van der Waals surface area contributed by atoms with Gasteiger partial charge in [0.15, 0.2) is 10.6 Å². The van der Waals surface area contributed by atoms with Crippen molar-refractivity contribution in [1.82, 2.24) is 19.8 Å². The van der Waals surface area contributed by atoms with E-state index in [0.717, 1.165) is 54.6 Å². The van der Waals surface area contributed by atoms with Crippen LogP contribution < -0.4 is 10.1 Å². The van der Waals surface area contributed by atoms with Crippen LogP contribution in [0.3, 0.4) is 0 Å². The highest BCUT2D eigenvalue weighted by Crippen LogP contribution is 2.41. The van der Waals surface area contributed by atoms with Crippen LogP contribution in [-0.4, -0.2) is 51.9 Å². The lowest BCUT2D eigenvalue weighted by atomic mass is 10.1. The molecule has 1 amide bonds. The van der Waals surface area contributed by atoms with Crippen LogP contribution in [-0.2, 0) is 30.6 Å². The summed E-state index contributed by atoms with van der Waals surface area (Å²) >= 11 is 5.32. The predicted octanol–water partition coefficient (Wildman–Crippen LogP) is 2.88. The smallest absolute Gasteiger partial charge is 0.227 e. The normalized spacial score (nSPS) is 15.7. The van der Waals surface area contributed by atoms with Gasteiger partial charge in [0.1, 0.15) is 12.3 Å². The first-order valence-corrected chi connectivity index (χ1v) is 11.5. The van der Waals surface area contributed by atoms with Gasteiger partial charge < -0.3 is 15.0 Å². The largest absolute Gasteiger partial charge is 0.484 e. The number of nitrogens with one attached hydrogen (secondary N) is 1. The molecular weight excluding hydrogens is 430 g/mol. The Labute approximate surface area is 190 Å². The number of hydrogen-bond acceptors (Lipinski definition) is 7. The topological polar surface area (TPSA) is 70.6 Å². The molecule has 1 aromatic carbocycles. The number of carbonyl (C=O) groups is 1. The number of anilines is 2. The van der Waals surface area contributed by atoms with Crippen molar-refractivity contribution in [2.24, 2.45) is 0 Å². The fraction of sp³-hybridized carbons (Fsp3) is 0.318. The molecule has 0 bridgehead atoms. The fourth-order valence-electron chi connectivity index (χ4n) is 3.91. The summed E-state index contributed by atoms with van der Waals surface area (Å²) in [6.07, 6.45) is 1.74. The fourth-order valence-corrected chi connectivity index (χ4v) is 5.29. The molecule has 0 aliphatic carbocycles. The zero-order valence-corrected chi connectivity index (χ0v) is 19.0. The van der Waals surface area contributed by atoms with Crippen molar-refractivity contribution in [2.75, 3.05) is 31.5 Å². The van der Waals surface area contributed by atoms with Crippen molar-refractivity contribution in [3.63, 3.8) is 0 Å². The van der Waals surface area contributed by atoms with E-state index in [4.69, 9.17) is 9.72 Å². The van der Waals surface area contributed by atoms with Gasteiger partial charge in [-0.2, -0.15) is 0 Å². The van der Waals surface area contributed by atoms with Crippen LogP contribution in [0.25, 0.3) is 11.3 Å². The van der Waals surface area contributed by atoms with Crippen LogP contribution in [0.5, 0.6) is 5.75 Å². The molecule has 9 heteroatoms. The minimum atomic E-state index is 0.159. The summed E-state index contributed by atoms with van der Waals surface area (Å²) < 4.78 is 5.91. The SMILES string of the molecule is CC(=O)N1CCN(Cc2cc3c(s2)COc2cnc(Nc4cccc([SH2+])c4)nc2-3)CC1. The summed E-state index contributed by atoms with van der Waals surface area (Å²) in [4.78, 5) is 28.5. The quantitative estimate of drug-likeness (QED) is 0.612. The Bertz CT molecular complexity index is 1120. The summed E-state index contributed by atoms with van der Waals surface area (Å²) in [6.45, 7) is 6.46. The predicted molar refractivity (Wildman–Crippen MR) is 125 cm³/mol. The lowest BCUT2D eigenvalue weighted by Gasteiger charge is -2.33. The maximum atomic E-state index is 11.5. The van der Waals surface area contributed by atoms with Gasteiger partial charge in [-0.25, -0.2) is 9.97 Å². The average Bonchev–Trinajstić information content (AvgIpc) is 3.17. The molecule has 160 valence electrons. The lowest BCUT2D eigenvalue weighted by molar-refractivity contribution is -0.130. The number of rotatable bonds is 4. The number of ether oxygens (including phenoxy) is 1. The van der Waals surface area contributed by atoms with E-state index in [-0.39, 0.29) is 5.91 Å². The summed E-state index contributed by atoms with van der Waals surface area (Å²) in [7, 11) is 0. The van der Waals surface area contributed by atoms with Crippen molar-refractivity contribution >= 4 is 41.5 Å². The van der Waals surface area contributed by atoms with Crippen LogP contribution >= 0.6 is 11.3 Å². The van der Waals surface area contributed by atoms with E-state index >= 15 is 0 Å². The van der Waals surface area contributed by atoms with Gasteiger partial charge in [0.2, 0.25) is 11.9 Å². The Morgan fingerprint density at radius 1 is 1.26 bits per heavy atom. The van der Waals surface area contributed by atoms with Crippen molar-refractivity contribution in [3.8, 4) is 17.0 Å². The molecule has 3 aromatic rings. The monoisotopic (exact) mass is 454 g/mol. The highest BCUT2D eigenvalue weighted by atomic mass is 32.1. The van der Waals surface area contributed by atoms with Crippen molar-refractivity contribution in [3.05, 3.63) is 46.3 Å². The number of hydrogen-bond donors (Lipinski definition) is 1. The molecule has 31 heavy (non-hydrogen) atoms. The summed E-state index contributed by atoms with van der Waals surface area (Å²) in [5.74, 6) is 1.42. The van der Waals surface area contributed by atoms with Gasteiger partial charge in [0.25, 0.3) is 0 Å². The Morgan fingerprint density at radius 2 is 2.10 bits per heavy atom. The van der Waals surface area contributed by atoms with Gasteiger partial charge in [-0.05, 0) is 30.8 Å². The number of benzene rings is 1. The number of piperazine rings is 1. The summed E-state index contributed by atoms with van der Waals surface area (Å²) in [5.41, 5.74) is 2.88. The molecule has 0 unspecified atom stereocenters. The van der Waals surface area contributed by atoms with Gasteiger partial charge in [-0.1, -0.05) is 6.07 Å². The first kappa shape index (κ1) is 20.3. The number of nitrogens with zero attached hydrogens (tertiary/aromatic N) is 4. The molecule has 0 spiro atoms. The Hall–Kier alpha value is -2.62. The number of carbonyl (C=O) groups excluding carboxylic acids is 1. The van der Waals surface area contributed by atoms with Gasteiger partial charge in [-0.3, -0.25) is 9.69 Å². The Morgan fingerprint density at radius 3 is 2.87 bits per heavy atom. The molecule has 1 saturated heterocycles. The molecule has 2 aromatic heterocycles. The zero-order chi connectivity index (χ0) is 21.4. The average molecular weight is 455 g/mol. The second kappa shape index (κ2) is 8.49. The molecule has 2 aliphatic rings. The van der Waals surface area contributed by atoms with Gasteiger partial charge in [-0.15, -0.1) is 11.3 Å². The molecule has 7 nitrogen and oxygen atoms in total. The maximum Gasteiger partial charge on any atom is 0.227 e. The first-order chi connectivity index (χ1) is 15.0. The van der Waals surface area contributed by atoms with Crippen LogP contribution in [0.1, 0.15) is 16.7 Å². The third kappa shape index (κ3) is 4.39. The van der Waals surface area contributed by atoms with E-state index in [1.54, 1.807) is 24.5 Å². The van der Waals surface area contributed by atoms with E-state index in [0.29, 0.717) is 18.3 Å². The summed E-state index contributed by atoms with van der Waals surface area (Å²) in [6, 6.07) is 10.1. The van der Waals surface area contributed by atoms with E-state index in [1.807, 2.05) is 29.2 Å². The Balaban J connectivity index is 1.34. The Kier molecular flexibility index (Phi) is 5.56. The third-order valence-corrected chi connectivity index (χ3v) is 6.95.